The van der Waals surface area contributed by atoms with Crippen molar-refractivity contribution in [2.75, 3.05) is 0 Å². The van der Waals surface area contributed by atoms with Crippen molar-refractivity contribution < 1.29 is 9.90 Å². The van der Waals surface area contributed by atoms with Crippen LogP contribution in [-0.2, 0) is 4.79 Å². The van der Waals surface area contributed by atoms with Crippen LogP contribution in [0.1, 0.15) is 77.6 Å². The van der Waals surface area contributed by atoms with Gasteiger partial charge in [0.15, 0.2) is 0 Å². The zero-order chi connectivity index (χ0) is 12.1. The maximum atomic E-state index is 9.99. The first-order valence-corrected chi connectivity index (χ1v) is 6.84. The van der Waals surface area contributed by atoms with E-state index in [1.807, 2.05) is 0 Å². The standard InChI is InChI=1S/C14H27O2/c1-2-3-4-5-6-7-8-9-10-11-14(16)12-13-15/h14,16H,2-12H2,1H3. The lowest BCUT2D eigenvalue weighted by atomic mass is 10.0. The van der Waals surface area contributed by atoms with Gasteiger partial charge in [-0.25, -0.2) is 0 Å². The van der Waals surface area contributed by atoms with Crippen LogP contribution in [0, 0.1) is 0 Å². The van der Waals surface area contributed by atoms with Crippen LogP contribution >= 0.6 is 0 Å². The maximum Gasteiger partial charge on any atom is 0.201 e. The minimum absolute atomic E-state index is 0.178. The van der Waals surface area contributed by atoms with Crippen LogP contribution in [0.15, 0.2) is 0 Å². The van der Waals surface area contributed by atoms with Crippen molar-refractivity contribution in [3.05, 3.63) is 0 Å². The van der Waals surface area contributed by atoms with Gasteiger partial charge in [0.25, 0.3) is 0 Å². The minimum atomic E-state index is -0.456. The minimum Gasteiger partial charge on any atom is -0.393 e. The summed E-state index contributed by atoms with van der Waals surface area (Å²) in [5.74, 6) is 0. The van der Waals surface area contributed by atoms with E-state index in [2.05, 4.69) is 6.92 Å². The van der Waals surface area contributed by atoms with E-state index in [0.717, 1.165) is 12.8 Å². The van der Waals surface area contributed by atoms with Gasteiger partial charge in [-0.05, 0) is 6.42 Å². The Morgan fingerprint density at radius 3 is 1.94 bits per heavy atom. The van der Waals surface area contributed by atoms with E-state index in [1.165, 1.54) is 51.4 Å². The summed E-state index contributed by atoms with van der Waals surface area (Å²) in [5.41, 5.74) is 0. The maximum absolute atomic E-state index is 9.99. The van der Waals surface area contributed by atoms with Gasteiger partial charge < -0.3 is 5.11 Å². The van der Waals surface area contributed by atoms with Crippen molar-refractivity contribution in [1.29, 1.82) is 0 Å². The van der Waals surface area contributed by atoms with E-state index in [9.17, 15) is 9.90 Å². The average molecular weight is 227 g/mol. The fourth-order valence-electron chi connectivity index (χ4n) is 1.89. The Morgan fingerprint density at radius 1 is 0.938 bits per heavy atom. The van der Waals surface area contributed by atoms with Gasteiger partial charge in [-0.3, -0.25) is 4.79 Å². The SMILES string of the molecule is CCCCCCCCCCCC(O)C[C]=O. The number of aliphatic hydroxyl groups is 1. The van der Waals surface area contributed by atoms with Gasteiger partial charge in [0.05, 0.1) is 6.10 Å². The summed E-state index contributed by atoms with van der Waals surface area (Å²) in [6, 6.07) is 0. The molecule has 0 bridgehead atoms. The summed E-state index contributed by atoms with van der Waals surface area (Å²) in [7, 11) is 0. The molecule has 0 saturated heterocycles. The van der Waals surface area contributed by atoms with Crippen LogP contribution in [0.5, 0.6) is 0 Å². The monoisotopic (exact) mass is 227 g/mol. The second kappa shape index (κ2) is 12.7. The van der Waals surface area contributed by atoms with Gasteiger partial charge in [-0.15, -0.1) is 0 Å². The van der Waals surface area contributed by atoms with E-state index in [1.54, 1.807) is 6.29 Å². The quantitative estimate of drug-likeness (QED) is 0.515. The molecule has 1 N–H and O–H groups in total. The first kappa shape index (κ1) is 15.6. The molecular weight excluding hydrogens is 200 g/mol. The zero-order valence-electron chi connectivity index (χ0n) is 10.7. The second-order valence-corrected chi connectivity index (χ2v) is 4.62. The average Bonchev–Trinajstić information content (AvgIpc) is 2.27. The summed E-state index contributed by atoms with van der Waals surface area (Å²) >= 11 is 0. The van der Waals surface area contributed by atoms with Gasteiger partial charge >= 0.3 is 0 Å². The molecule has 0 aromatic rings. The van der Waals surface area contributed by atoms with Gasteiger partial charge in [-0.2, -0.15) is 0 Å². The largest absolute Gasteiger partial charge is 0.393 e. The summed E-state index contributed by atoms with van der Waals surface area (Å²) in [6.07, 6.45) is 13.8. The van der Waals surface area contributed by atoms with E-state index < -0.39 is 6.10 Å². The smallest absolute Gasteiger partial charge is 0.201 e. The molecule has 2 nitrogen and oxygen atoms in total. The van der Waals surface area contributed by atoms with Gasteiger partial charge in [0, 0.05) is 6.42 Å². The number of hydrogen-bond donors (Lipinski definition) is 1. The summed E-state index contributed by atoms with van der Waals surface area (Å²) in [6.45, 7) is 2.24. The molecule has 2 heteroatoms. The molecule has 95 valence electrons. The fraction of sp³-hybridized carbons (Fsp3) is 0.929. The molecule has 0 aromatic heterocycles. The highest BCUT2D eigenvalue weighted by Gasteiger charge is 2.02. The molecule has 0 aliphatic rings. The molecule has 0 amide bonds. The van der Waals surface area contributed by atoms with Crippen LogP contribution < -0.4 is 0 Å². The Kier molecular flexibility index (Phi) is 12.4. The number of carbonyl (C=O) groups excluding carboxylic acids is 1. The van der Waals surface area contributed by atoms with E-state index in [-0.39, 0.29) is 6.42 Å². The predicted molar refractivity (Wildman–Crippen MR) is 68.2 cm³/mol. The molecule has 0 saturated carbocycles. The molecule has 0 fully saturated rings. The van der Waals surface area contributed by atoms with Crippen molar-refractivity contribution in [3.63, 3.8) is 0 Å². The van der Waals surface area contributed by atoms with Crippen molar-refractivity contribution in [2.24, 2.45) is 0 Å². The third kappa shape index (κ3) is 11.7. The Morgan fingerprint density at radius 2 is 1.44 bits per heavy atom. The Bertz CT molecular complexity index is 146. The molecule has 0 rings (SSSR count). The molecule has 1 atom stereocenters. The van der Waals surface area contributed by atoms with Gasteiger partial charge in [0.1, 0.15) is 0 Å². The topological polar surface area (TPSA) is 37.3 Å². The molecule has 0 aliphatic heterocycles. The third-order valence-electron chi connectivity index (χ3n) is 2.96. The summed E-state index contributed by atoms with van der Waals surface area (Å²) in [4.78, 5) is 9.99. The number of aliphatic hydroxyl groups excluding tert-OH is 1. The lowest BCUT2D eigenvalue weighted by Gasteiger charge is -2.05. The number of hydrogen-bond acceptors (Lipinski definition) is 2. The molecule has 16 heavy (non-hydrogen) atoms. The summed E-state index contributed by atoms with van der Waals surface area (Å²) in [5, 5.41) is 9.29. The normalized spacial score (nSPS) is 12.6. The number of unbranched alkanes of at least 4 members (excludes halogenated alkanes) is 8. The first-order chi connectivity index (χ1) is 7.81. The Hall–Kier alpha value is -0.370. The van der Waals surface area contributed by atoms with Crippen molar-refractivity contribution in [3.8, 4) is 0 Å². The second-order valence-electron chi connectivity index (χ2n) is 4.62. The van der Waals surface area contributed by atoms with Crippen LogP contribution in [0.25, 0.3) is 0 Å². The molecular formula is C14H27O2. The van der Waals surface area contributed by atoms with E-state index in [0.29, 0.717) is 0 Å². The lowest BCUT2D eigenvalue weighted by Crippen LogP contribution is -2.06. The number of rotatable bonds is 12. The molecule has 0 aliphatic carbocycles. The highest BCUT2D eigenvalue weighted by atomic mass is 16.3. The van der Waals surface area contributed by atoms with Gasteiger partial charge in [0.2, 0.25) is 6.29 Å². The van der Waals surface area contributed by atoms with Gasteiger partial charge in [-0.1, -0.05) is 64.7 Å². The van der Waals surface area contributed by atoms with Crippen molar-refractivity contribution >= 4 is 6.29 Å². The first-order valence-electron chi connectivity index (χ1n) is 6.84. The molecule has 0 spiro atoms. The van der Waals surface area contributed by atoms with Crippen LogP contribution in [0.4, 0.5) is 0 Å². The summed E-state index contributed by atoms with van der Waals surface area (Å²) < 4.78 is 0. The van der Waals surface area contributed by atoms with Crippen LogP contribution in [0.3, 0.4) is 0 Å². The van der Waals surface area contributed by atoms with E-state index >= 15 is 0 Å². The predicted octanol–water partition coefficient (Wildman–Crippen LogP) is 3.77. The fourth-order valence-corrected chi connectivity index (χ4v) is 1.89. The molecule has 1 unspecified atom stereocenters. The Labute approximate surface area is 100 Å². The molecule has 1 radical (unpaired) electrons. The molecule has 0 aromatic carbocycles. The van der Waals surface area contributed by atoms with Crippen LogP contribution in [-0.4, -0.2) is 17.5 Å². The third-order valence-corrected chi connectivity index (χ3v) is 2.96. The molecule has 0 heterocycles. The van der Waals surface area contributed by atoms with Crippen molar-refractivity contribution in [1.82, 2.24) is 0 Å². The van der Waals surface area contributed by atoms with Crippen LogP contribution in [0.2, 0.25) is 0 Å². The Balaban J connectivity index is 3.00. The lowest BCUT2D eigenvalue weighted by molar-refractivity contribution is 0.167. The zero-order valence-corrected chi connectivity index (χ0v) is 10.7. The highest BCUT2D eigenvalue weighted by molar-refractivity contribution is 5.51. The van der Waals surface area contributed by atoms with E-state index in [4.69, 9.17) is 0 Å². The highest BCUT2D eigenvalue weighted by Crippen LogP contribution is 2.11. The van der Waals surface area contributed by atoms with Crippen molar-refractivity contribution in [2.45, 2.75) is 83.7 Å².